The first-order valence-electron chi connectivity index (χ1n) is 3.76. The fourth-order valence-corrected chi connectivity index (χ4v) is 0.700. The third-order valence-corrected chi connectivity index (χ3v) is 1.27. The first kappa shape index (κ1) is 10.0. The van der Waals surface area contributed by atoms with Crippen LogP contribution < -0.4 is 0 Å². The maximum atomic E-state index is 10.0. The lowest BCUT2D eigenvalue weighted by molar-refractivity contribution is -0.136. The van der Waals surface area contributed by atoms with E-state index in [2.05, 4.69) is 0 Å². The average molecular weight is 158 g/mol. The van der Waals surface area contributed by atoms with E-state index in [1.54, 1.807) is 6.08 Å². The van der Waals surface area contributed by atoms with Crippen LogP contribution in [0.25, 0.3) is 0 Å². The summed E-state index contributed by atoms with van der Waals surface area (Å²) in [7, 11) is 0. The van der Waals surface area contributed by atoms with Gasteiger partial charge in [-0.15, -0.1) is 0 Å². The van der Waals surface area contributed by atoms with Crippen molar-refractivity contribution in [3.05, 3.63) is 11.8 Å². The van der Waals surface area contributed by atoms with Gasteiger partial charge in [0.25, 0.3) is 0 Å². The summed E-state index contributed by atoms with van der Waals surface area (Å²) in [5.74, 6) is -1.03. The van der Waals surface area contributed by atoms with Gasteiger partial charge in [0, 0.05) is 0 Å². The predicted molar refractivity (Wildman–Crippen MR) is 42.5 cm³/mol. The molecule has 0 aliphatic rings. The quantitative estimate of drug-likeness (QED) is 0.475. The Morgan fingerprint density at radius 1 is 1.45 bits per heavy atom. The summed E-state index contributed by atoms with van der Waals surface area (Å²) >= 11 is 0. The van der Waals surface area contributed by atoms with Crippen LogP contribution in [-0.4, -0.2) is 16.2 Å². The third-order valence-electron chi connectivity index (χ3n) is 1.27. The number of hydrogen-bond acceptors (Lipinski definition) is 2. The highest BCUT2D eigenvalue weighted by Gasteiger charge is 1.99. The van der Waals surface area contributed by atoms with Crippen LogP contribution in [0.1, 0.15) is 32.6 Å². The zero-order chi connectivity index (χ0) is 8.69. The Balaban J connectivity index is 3.54. The highest BCUT2D eigenvalue weighted by atomic mass is 16.4. The van der Waals surface area contributed by atoms with E-state index in [4.69, 9.17) is 10.2 Å². The average Bonchev–Trinajstić information content (AvgIpc) is 1.86. The van der Waals surface area contributed by atoms with Crippen molar-refractivity contribution in [3.63, 3.8) is 0 Å². The zero-order valence-electron chi connectivity index (χ0n) is 6.71. The van der Waals surface area contributed by atoms with Gasteiger partial charge in [0.15, 0.2) is 0 Å². The lowest BCUT2D eigenvalue weighted by Gasteiger charge is -1.94. The molecule has 0 fully saturated rings. The fraction of sp³-hybridized carbons (Fsp3) is 0.625. The minimum Gasteiger partial charge on any atom is -0.512 e. The summed E-state index contributed by atoms with van der Waals surface area (Å²) in [5.41, 5.74) is 0. The highest BCUT2D eigenvalue weighted by molar-refractivity contribution is 5.69. The minimum absolute atomic E-state index is 0.0362. The van der Waals surface area contributed by atoms with Gasteiger partial charge in [0.2, 0.25) is 0 Å². The van der Waals surface area contributed by atoms with E-state index in [1.165, 1.54) is 0 Å². The van der Waals surface area contributed by atoms with Crippen molar-refractivity contribution in [1.82, 2.24) is 0 Å². The van der Waals surface area contributed by atoms with Crippen molar-refractivity contribution >= 4 is 5.97 Å². The van der Waals surface area contributed by atoms with E-state index in [9.17, 15) is 4.79 Å². The van der Waals surface area contributed by atoms with Crippen LogP contribution in [-0.2, 0) is 4.79 Å². The van der Waals surface area contributed by atoms with E-state index in [1.807, 2.05) is 6.92 Å². The van der Waals surface area contributed by atoms with Crippen molar-refractivity contribution in [2.24, 2.45) is 0 Å². The molecule has 2 N–H and O–H groups in total. The molecule has 0 aliphatic heterocycles. The number of hydrogen-bond donors (Lipinski definition) is 2. The Morgan fingerprint density at radius 2 is 2.09 bits per heavy atom. The standard InChI is InChI=1S/C8H14O3/c1-2-3-4-5-7(9)6-8(10)11/h5,9H,2-4,6H2,1H3,(H,10,11). The van der Waals surface area contributed by atoms with Gasteiger partial charge in [-0.3, -0.25) is 4.79 Å². The third kappa shape index (κ3) is 6.90. The largest absolute Gasteiger partial charge is 0.512 e. The van der Waals surface area contributed by atoms with Crippen LogP contribution in [0.5, 0.6) is 0 Å². The summed E-state index contributed by atoms with van der Waals surface area (Å²) in [6.07, 6.45) is 4.11. The van der Waals surface area contributed by atoms with Crippen LogP contribution in [0.4, 0.5) is 0 Å². The van der Waals surface area contributed by atoms with Crippen molar-refractivity contribution in [2.45, 2.75) is 32.6 Å². The molecule has 11 heavy (non-hydrogen) atoms. The second kappa shape index (κ2) is 5.77. The number of allylic oxidation sites excluding steroid dienone is 1. The SMILES string of the molecule is CCCCC=C(O)CC(=O)O. The number of carboxylic acids is 1. The second-order valence-electron chi connectivity index (χ2n) is 2.41. The van der Waals surface area contributed by atoms with E-state index < -0.39 is 5.97 Å². The molecule has 0 saturated heterocycles. The first-order chi connectivity index (χ1) is 5.16. The maximum Gasteiger partial charge on any atom is 0.311 e. The Kier molecular flexibility index (Phi) is 5.25. The number of carbonyl (C=O) groups is 1. The van der Waals surface area contributed by atoms with Crippen molar-refractivity contribution < 1.29 is 15.0 Å². The first-order valence-corrected chi connectivity index (χ1v) is 3.76. The summed E-state index contributed by atoms with van der Waals surface area (Å²) in [6.45, 7) is 2.04. The number of unbranched alkanes of at least 4 members (excludes halogenated alkanes) is 2. The van der Waals surface area contributed by atoms with Crippen LogP contribution in [0.15, 0.2) is 11.8 Å². The Bertz CT molecular complexity index is 149. The fourth-order valence-electron chi connectivity index (χ4n) is 0.700. The summed E-state index contributed by atoms with van der Waals surface area (Å²) in [6, 6.07) is 0. The van der Waals surface area contributed by atoms with Gasteiger partial charge < -0.3 is 10.2 Å². The normalized spacial score (nSPS) is 11.5. The molecule has 3 heteroatoms. The van der Waals surface area contributed by atoms with Crippen LogP contribution in [0, 0.1) is 0 Å². The molecule has 0 heterocycles. The molecule has 0 rings (SSSR count). The predicted octanol–water partition coefficient (Wildman–Crippen LogP) is 2.09. The molecule has 0 aliphatic carbocycles. The van der Waals surface area contributed by atoms with Crippen LogP contribution >= 0.6 is 0 Å². The number of aliphatic carboxylic acids is 1. The van der Waals surface area contributed by atoms with Gasteiger partial charge in [-0.25, -0.2) is 0 Å². The monoisotopic (exact) mass is 158 g/mol. The molecule has 0 unspecified atom stereocenters. The van der Waals surface area contributed by atoms with Gasteiger partial charge in [-0.1, -0.05) is 13.3 Å². The topological polar surface area (TPSA) is 57.5 Å². The molecule has 0 aromatic rings. The molecular formula is C8H14O3. The highest BCUT2D eigenvalue weighted by Crippen LogP contribution is 2.01. The van der Waals surface area contributed by atoms with E-state index in [-0.39, 0.29) is 12.2 Å². The molecule has 3 nitrogen and oxygen atoms in total. The summed E-state index contributed by atoms with van der Waals surface area (Å²) in [4.78, 5) is 10.0. The number of rotatable bonds is 5. The molecule has 0 radical (unpaired) electrons. The van der Waals surface area contributed by atoms with Gasteiger partial charge in [-0.2, -0.15) is 0 Å². The maximum absolute atomic E-state index is 10.0. The zero-order valence-corrected chi connectivity index (χ0v) is 6.71. The Labute approximate surface area is 66.4 Å². The summed E-state index contributed by atoms with van der Waals surface area (Å²) < 4.78 is 0. The lowest BCUT2D eigenvalue weighted by Crippen LogP contribution is -1.96. The van der Waals surface area contributed by atoms with E-state index >= 15 is 0 Å². The molecule has 64 valence electrons. The second-order valence-corrected chi connectivity index (χ2v) is 2.41. The smallest absolute Gasteiger partial charge is 0.311 e. The van der Waals surface area contributed by atoms with E-state index in [0.29, 0.717) is 0 Å². The van der Waals surface area contributed by atoms with Gasteiger partial charge in [0.05, 0.1) is 5.76 Å². The molecule has 0 spiro atoms. The van der Waals surface area contributed by atoms with Crippen molar-refractivity contribution in [2.75, 3.05) is 0 Å². The Morgan fingerprint density at radius 3 is 2.55 bits per heavy atom. The Hall–Kier alpha value is -0.990. The molecule has 0 atom stereocenters. The molecule has 0 aromatic carbocycles. The van der Waals surface area contributed by atoms with Gasteiger partial charge in [0.1, 0.15) is 6.42 Å². The van der Waals surface area contributed by atoms with Crippen LogP contribution in [0.2, 0.25) is 0 Å². The lowest BCUT2D eigenvalue weighted by atomic mass is 10.2. The molecule has 0 amide bonds. The molecule has 0 saturated carbocycles. The minimum atomic E-state index is -0.991. The van der Waals surface area contributed by atoms with Crippen molar-refractivity contribution in [1.29, 1.82) is 0 Å². The molecule has 0 bridgehead atoms. The number of aliphatic hydroxyl groups is 1. The summed E-state index contributed by atoms with van der Waals surface area (Å²) in [5, 5.41) is 17.2. The van der Waals surface area contributed by atoms with Gasteiger partial charge >= 0.3 is 5.97 Å². The molecular weight excluding hydrogens is 144 g/mol. The van der Waals surface area contributed by atoms with Gasteiger partial charge in [-0.05, 0) is 18.9 Å². The van der Waals surface area contributed by atoms with E-state index in [0.717, 1.165) is 19.3 Å². The molecule has 0 aromatic heterocycles. The number of aliphatic hydroxyl groups excluding tert-OH is 1. The van der Waals surface area contributed by atoms with Crippen LogP contribution in [0.3, 0.4) is 0 Å². The van der Waals surface area contributed by atoms with Crippen molar-refractivity contribution in [3.8, 4) is 0 Å². The number of carboxylic acid groups (broad SMARTS) is 1.